The van der Waals surface area contributed by atoms with Gasteiger partial charge in [-0.05, 0) is 48.7 Å². The van der Waals surface area contributed by atoms with Crippen molar-refractivity contribution in [1.82, 2.24) is 15.3 Å². The molecule has 0 bridgehead atoms. The summed E-state index contributed by atoms with van der Waals surface area (Å²) < 4.78 is 34.8. The number of carbonyl (C=O) groups excluding carboxylic acids is 1. The number of fused-ring (bicyclic) bond motifs is 1. The van der Waals surface area contributed by atoms with Crippen molar-refractivity contribution in [1.29, 1.82) is 0 Å². The highest BCUT2D eigenvalue weighted by atomic mass is 19.1. The Morgan fingerprint density at radius 3 is 2.65 bits per heavy atom. The maximum Gasteiger partial charge on any atom is 0.253 e. The van der Waals surface area contributed by atoms with E-state index >= 15 is 0 Å². The van der Waals surface area contributed by atoms with Crippen LogP contribution in [-0.2, 0) is 17.7 Å². The Balaban J connectivity index is 1.30. The lowest BCUT2D eigenvalue weighted by atomic mass is 9.85. The van der Waals surface area contributed by atoms with Gasteiger partial charge in [-0.3, -0.25) is 9.78 Å². The zero-order valence-electron chi connectivity index (χ0n) is 18.6. The van der Waals surface area contributed by atoms with Crippen LogP contribution in [-0.4, -0.2) is 41.2 Å². The smallest absolute Gasteiger partial charge is 0.253 e. The summed E-state index contributed by atoms with van der Waals surface area (Å²) in [7, 11) is 0. The van der Waals surface area contributed by atoms with E-state index in [0.717, 1.165) is 50.3 Å². The Hall–Kier alpha value is -3.39. The molecule has 3 aliphatic rings. The van der Waals surface area contributed by atoms with Crippen LogP contribution in [0.4, 0.5) is 14.5 Å². The van der Waals surface area contributed by atoms with Crippen molar-refractivity contribution in [2.24, 2.45) is 0 Å². The molecule has 0 radical (unpaired) electrons. The standard InChI is InChI=1S/C26H24F2N4O2/c27-19-3-1-4-20(28)24(19)21-12-16(23-22(31-21)14-30-25(23)33)11-17-5-6-18(13-29-17)32-9-2-7-26(15-32)8-10-34-26/h1,3-6,12-13H,2,7-11,14-15H2,(H,30,33)/t26-/m1/s1. The number of hydrogen-bond donors (Lipinski definition) is 1. The van der Waals surface area contributed by atoms with Crippen LogP contribution in [0.25, 0.3) is 11.3 Å². The van der Waals surface area contributed by atoms with Gasteiger partial charge in [0.15, 0.2) is 0 Å². The average Bonchev–Trinajstić information content (AvgIpc) is 3.19. The summed E-state index contributed by atoms with van der Waals surface area (Å²) >= 11 is 0. The fourth-order valence-electron chi connectivity index (χ4n) is 5.26. The van der Waals surface area contributed by atoms with Gasteiger partial charge in [-0.25, -0.2) is 13.8 Å². The first-order valence-electron chi connectivity index (χ1n) is 11.6. The van der Waals surface area contributed by atoms with Crippen molar-refractivity contribution < 1.29 is 18.3 Å². The lowest BCUT2D eigenvalue weighted by molar-refractivity contribution is -0.150. The van der Waals surface area contributed by atoms with Crippen LogP contribution in [0.2, 0.25) is 0 Å². The molecule has 3 aliphatic heterocycles. The number of carbonyl (C=O) groups is 1. The van der Waals surface area contributed by atoms with Crippen molar-refractivity contribution in [3.8, 4) is 11.3 Å². The predicted octanol–water partition coefficient (Wildman–Crippen LogP) is 4.02. The normalized spacial score (nSPS) is 21.4. The molecule has 5 heterocycles. The van der Waals surface area contributed by atoms with Crippen LogP contribution in [0, 0.1) is 11.6 Å². The highest BCUT2D eigenvalue weighted by Crippen LogP contribution is 2.37. The van der Waals surface area contributed by atoms with Crippen molar-refractivity contribution >= 4 is 11.6 Å². The average molecular weight is 463 g/mol. The summed E-state index contributed by atoms with van der Waals surface area (Å²) in [4.78, 5) is 23.8. The Bertz CT molecular complexity index is 1250. The van der Waals surface area contributed by atoms with Gasteiger partial charge in [0, 0.05) is 31.6 Å². The van der Waals surface area contributed by atoms with E-state index in [1.165, 1.54) is 18.2 Å². The van der Waals surface area contributed by atoms with Crippen LogP contribution in [0.15, 0.2) is 42.6 Å². The molecule has 3 aromatic rings. The zero-order valence-corrected chi connectivity index (χ0v) is 18.6. The second kappa shape index (κ2) is 8.13. The summed E-state index contributed by atoms with van der Waals surface area (Å²) in [5.74, 6) is -1.60. The molecule has 174 valence electrons. The first kappa shape index (κ1) is 21.2. The number of rotatable bonds is 4. The van der Waals surface area contributed by atoms with E-state index in [4.69, 9.17) is 4.74 Å². The van der Waals surface area contributed by atoms with Gasteiger partial charge in [-0.15, -0.1) is 0 Å². The van der Waals surface area contributed by atoms with Crippen molar-refractivity contribution in [2.75, 3.05) is 24.6 Å². The SMILES string of the molecule is O=C1NCc2nc(-c3c(F)cccc3F)cc(Cc3ccc(N4CCC[C@@]5(CCO5)C4)cn3)c21. The van der Waals surface area contributed by atoms with Crippen LogP contribution in [0.5, 0.6) is 0 Å². The van der Waals surface area contributed by atoms with Gasteiger partial charge < -0.3 is 15.0 Å². The van der Waals surface area contributed by atoms with E-state index in [1.807, 2.05) is 18.3 Å². The minimum absolute atomic E-state index is 0.000261. The zero-order chi connectivity index (χ0) is 23.3. The third-order valence-corrected chi connectivity index (χ3v) is 7.09. The fourth-order valence-corrected chi connectivity index (χ4v) is 5.26. The molecule has 1 atom stereocenters. The molecule has 2 fully saturated rings. The maximum absolute atomic E-state index is 14.4. The van der Waals surface area contributed by atoms with Gasteiger partial charge in [-0.1, -0.05) is 6.07 Å². The summed E-state index contributed by atoms with van der Waals surface area (Å²) in [6.07, 6.45) is 5.51. The quantitative estimate of drug-likeness (QED) is 0.635. The first-order chi connectivity index (χ1) is 16.5. The molecule has 1 spiro atoms. The number of pyridine rings is 2. The van der Waals surface area contributed by atoms with Crippen LogP contribution >= 0.6 is 0 Å². The second-order valence-electron chi connectivity index (χ2n) is 9.26. The number of ether oxygens (including phenoxy) is 1. The lowest BCUT2D eigenvalue weighted by Gasteiger charge is -2.49. The van der Waals surface area contributed by atoms with E-state index in [-0.39, 0.29) is 29.3 Å². The molecule has 1 amide bonds. The minimum Gasteiger partial charge on any atom is -0.373 e. The number of aromatic nitrogens is 2. The second-order valence-corrected chi connectivity index (χ2v) is 9.26. The van der Waals surface area contributed by atoms with Gasteiger partial charge >= 0.3 is 0 Å². The van der Waals surface area contributed by atoms with Gasteiger partial charge in [0.1, 0.15) is 11.6 Å². The fraction of sp³-hybridized carbons (Fsp3) is 0.346. The maximum atomic E-state index is 14.4. The lowest BCUT2D eigenvalue weighted by Crippen LogP contribution is -2.56. The highest BCUT2D eigenvalue weighted by molar-refractivity contribution is 5.99. The molecular weight excluding hydrogens is 438 g/mol. The molecule has 1 aromatic carbocycles. The molecule has 6 nitrogen and oxygen atoms in total. The Kier molecular flexibility index (Phi) is 5.06. The number of nitrogens with one attached hydrogen (secondary N) is 1. The summed E-state index contributed by atoms with van der Waals surface area (Å²) in [5, 5.41) is 2.76. The molecule has 34 heavy (non-hydrogen) atoms. The molecule has 6 rings (SSSR count). The Morgan fingerprint density at radius 1 is 1.12 bits per heavy atom. The van der Waals surface area contributed by atoms with Gasteiger partial charge in [0.05, 0.1) is 53.2 Å². The van der Waals surface area contributed by atoms with Gasteiger partial charge in [-0.2, -0.15) is 0 Å². The number of halogens is 2. The summed E-state index contributed by atoms with van der Waals surface area (Å²) in [6, 6.07) is 9.32. The number of piperidine rings is 1. The van der Waals surface area contributed by atoms with E-state index in [9.17, 15) is 13.6 Å². The first-order valence-corrected chi connectivity index (χ1v) is 11.6. The van der Waals surface area contributed by atoms with Crippen molar-refractivity contribution in [3.05, 3.63) is 76.7 Å². The third kappa shape index (κ3) is 3.62. The molecule has 2 aromatic heterocycles. The largest absolute Gasteiger partial charge is 0.373 e. The summed E-state index contributed by atoms with van der Waals surface area (Å²) in [6.45, 7) is 2.93. The topological polar surface area (TPSA) is 67.4 Å². The minimum atomic E-state index is -0.687. The van der Waals surface area contributed by atoms with E-state index in [0.29, 0.717) is 23.2 Å². The molecule has 0 aliphatic carbocycles. The number of hydrogen-bond acceptors (Lipinski definition) is 5. The monoisotopic (exact) mass is 462 g/mol. The summed E-state index contributed by atoms with van der Waals surface area (Å²) in [5.41, 5.74) is 3.41. The molecule has 8 heteroatoms. The number of amides is 1. The van der Waals surface area contributed by atoms with E-state index in [2.05, 4.69) is 20.2 Å². The molecule has 2 saturated heterocycles. The molecule has 1 N–H and O–H groups in total. The van der Waals surface area contributed by atoms with Crippen LogP contribution < -0.4 is 10.2 Å². The van der Waals surface area contributed by atoms with Gasteiger partial charge in [0.25, 0.3) is 5.91 Å². The van der Waals surface area contributed by atoms with Gasteiger partial charge in [0.2, 0.25) is 0 Å². The van der Waals surface area contributed by atoms with E-state index < -0.39 is 11.6 Å². The van der Waals surface area contributed by atoms with E-state index in [1.54, 1.807) is 6.07 Å². The van der Waals surface area contributed by atoms with Crippen LogP contribution in [0.1, 0.15) is 46.6 Å². The van der Waals surface area contributed by atoms with Crippen molar-refractivity contribution in [2.45, 2.75) is 37.8 Å². The number of benzene rings is 1. The third-order valence-electron chi connectivity index (χ3n) is 7.09. The molecule has 0 unspecified atom stereocenters. The Labute approximate surface area is 196 Å². The predicted molar refractivity (Wildman–Crippen MR) is 123 cm³/mol. The van der Waals surface area contributed by atoms with Crippen molar-refractivity contribution in [3.63, 3.8) is 0 Å². The molecular formula is C26H24F2N4O2. The molecule has 0 saturated carbocycles. The number of anilines is 1. The Morgan fingerprint density at radius 2 is 1.94 bits per heavy atom. The van der Waals surface area contributed by atoms with Crippen LogP contribution in [0.3, 0.4) is 0 Å². The highest BCUT2D eigenvalue weighted by Gasteiger charge is 2.42. The number of nitrogens with zero attached hydrogens (tertiary/aromatic N) is 3.